The van der Waals surface area contributed by atoms with Gasteiger partial charge < -0.3 is 16.0 Å². The molecule has 2 amide bonds. The maximum absolute atomic E-state index is 12.7. The van der Waals surface area contributed by atoms with Crippen LogP contribution in [0, 0.1) is 0 Å². The number of benzene rings is 2. The molecule has 138 valence electrons. The van der Waals surface area contributed by atoms with Crippen molar-refractivity contribution in [3.05, 3.63) is 66.2 Å². The number of amides is 2. The zero-order valence-corrected chi connectivity index (χ0v) is 15.3. The van der Waals surface area contributed by atoms with E-state index in [1.807, 2.05) is 60.7 Å². The van der Waals surface area contributed by atoms with Crippen molar-refractivity contribution < 1.29 is 9.59 Å². The van der Waals surface area contributed by atoms with E-state index in [0.717, 1.165) is 17.7 Å². The molecule has 2 aromatic carbocycles. The first-order valence-electron chi connectivity index (χ1n) is 8.61. The fourth-order valence-corrected chi connectivity index (χ4v) is 3.11. The van der Waals surface area contributed by atoms with E-state index in [2.05, 4.69) is 5.32 Å². The monoisotopic (exact) mass is 373 g/mol. The number of nitrogens with one attached hydrogen (secondary N) is 1. The Balaban J connectivity index is 0.00000243. The van der Waals surface area contributed by atoms with Crippen LogP contribution in [0.4, 0.5) is 5.69 Å². The second-order valence-corrected chi connectivity index (χ2v) is 6.33. The second-order valence-electron chi connectivity index (χ2n) is 6.33. The van der Waals surface area contributed by atoms with Gasteiger partial charge in [-0.05, 0) is 37.0 Å². The van der Waals surface area contributed by atoms with Gasteiger partial charge in [0.1, 0.15) is 6.04 Å². The predicted molar refractivity (Wildman–Crippen MR) is 105 cm³/mol. The zero-order chi connectivity index (χ0) is 17.6. The van der Waals surface area contributed by atoms with Crippen molar-refractivity contribution in [1.82, 2.24) is 5.32 Å². The van der Waals surface area contributed by atoms with Crippen molar-refractivity contribution in [2.75, 3.05) is 11.4 Å². The van der Waals surface area contributed by atoms with E-state index in [0.29, 0.717) is 19.4 Å². The minimum Gasteiger partial charge on any atom is -0.343 e. The summed E-state index contributed by atoms with van der Waals surface area (Å²) in [6, 6.07) is 18.0. The molecule has 1 aliphatic rings. The molecule has 1 fully saturated rings. The molecular weight excluding hydrogens is 350 g/mol. The fourth-order valence-electron chi connectivity index (χ4n) is 3.11. The van der Waals surface area contributed by atoms with Gasteiger partial charge in [0.05, 0.1) is 6.04 Å². The van der Waals surface area contributed by atoms with Gasteiger partial charge in [-0.25, -0.2) is 0 Å². The van der Waals surface area contributed by atoms with Crippen LogP contribution >= 0.6 is 12.4 Å². The van der Waals surface area contributed by atoms with Gasteiger partial charge in [0, 0.05) is 12.2 Å². The molecule has 0 aromatic heterocycles. The first-order valence-corrected chi connectivity index (χ1v) is 8.61. The van der Waals surface area contributed by atoms with Crippen LogP contribution in [0.25, 0.3) is 0 Å². The number of carbonyl (C=O) groups is 2. The highest BCUT2D eigenvalue weighted by molar-refractivity contribution is 6.00. The molecule has 5 nitrogen and oxygen atoms in total. The number of halogens is 1. The van der Waals surface area contributed by atoms with E-state index in [1.54, 1.807) is 4.90 Å². The highest BCUT2D eigenvalue weighted by Gasteiger charge is 2.31. The van der Waals surface area contributed by atoms with E-state index in [-0.39, 0.29) is 24.2 Å². The maximum Gasteiger partial charge on any atom is 0.249 e. The van der Waals surface area contributed by atoms with Crippen LogP contribution in [0.1, 0.15) is 18.4 Å². The van der Waals surface area contributed by atoms with Gasteiger partial charge in [-0.1, -0.05) is 48.5 Å². The maximum atomic E-state index is 12.7. The van der Waals surface area contributed by atoms with Gasteiger partial charge in [0.2, 0.25) is 11.8 Å². The van der Waals surface area contributed by atoms with E-state index in [4.69, 9.17) is 5.73 Å². The number of nitrogens with zero attached hydrogens (tertiary/aromatic N) is 1. The summed E-state index contributed by atoms with van der Waals surface area (Å²) in [5.74, 6) is -0.352. The van der Waals surface area contributed by atoms with Crippen molar-refractivity contribution in [1.29, 1.82) is 0 Å². The lowest BCUT2D eigenvalue weighted by atomic mass is 10.0. The molecule has 26 heavy (non-hydrogen) atoms. The van der Waals surface area contributed by atoms with Gasteiger partial charge in [-0.3, -0.25) is 9.59 Å². The van der Waals surface area contributed by atoms with Crippen LogP contribution < -0.4 is 16.0 Å². The normalized spacial score (nSPS) is 18.0. The van der Waals surface area contributed by atoms with Crippen molar-refractivity contribution >= 4 is 29.9 Å². The second kappa shape index (κ2) is 9.36. The molecule has 0 radical (unpaired) electrons. The summed E-state index contributed by atoms with van der Waals surface area (Å²) in [5, 5.41) is 2.83. The molecule has 1 heterocycles. The van der Waals surface area contributed by atoms with Crippen LogP contribution in [0.3, 0.4) is 0 Å². The van der Waals surface area contributed by atoms with Crippen LogP contribution in [-0.2, 0) is 16.0 Å². The van der Waals surface area contributed by atoms with Gasteiger partial charge in [-0.15, -0.1) is 12.4 Å². The molecule has 1 aliphatic heterocycles. The highest BCUT2D eigenvalue weighted by Crippen LogP contribution is 2.20. The first kappa shape index (κ1) is 19.9. The largest absolute Gasteiger partial charge is 0.343 e. The van der Waals surface area contributed by atoms with Crippen molar-refractivity contribution in [3.63, 3.8) is 0 Å². The number of carbonyl (C=O) groups excluding carboxylic acids is 2. The smallest absolute Gasteiger partial charge is 0.249 e. The number of para-hydroxylation sites is 1. The van der Waals surface area contributed by atoms with Crippen molar-refractivity contribution in [2.45, 2.75) is 31.3 Å². The summed E-state index contributed by atoms with van der Waals surface area (Å²) in [7, 11) is 0. The Morgan fingerprint density at radius 1 is 1.12 bits per heavy atom. The van der Waals surface area contributed by atoms with E-state index >= 15 is 0 Å². The van der Waals surface area contributed by atoms with Gasteiger partial charge in [-0.2, -0.15) is 0 Å². The Labute approximate surface area is 160 Å². The molecule has 2 aromatic rings. The third-order valence-corrected chi connectivity index (χ3v) is 4.46. The summed E-state index contributed by atoms with van der Waals surface area (Å²) >= 11 is 0. The summed E-state index contributed by atoms with van der Waals surface area (Å²) in [4.78, 5) is 26.8. The molecule has 6 heteroatoms. The Morgan fingerprint density at radius 3 is 2.38 bits per heavy atom. The molecule has 0 bridgehead atoms. The molecule has 3 rings (SSSR count). The van der Waals surface area contributed by atoms with Crippen LogP contribution in [0.2, 0.25) is 0 Å². The third-order valence-electron chi connectivity index (χ3n) is 4.46. The highest BCUT2D eigenvalue weighted by atomic mass is 35.5. The lowest BCUT2D eigenvalue weighted by Gasteiger charge is -2.33. The summed E-state index contributed by atoms with van der Waals surface area (Å²) in [6.07, 6.45) is 1.95. The Morgan fingerprint density at radius 2 is 1.73 bits per heavy atom. The number of piperidine rings is 1. The number of nitrogens with two attached hydrogens (primary N) is 1. The van der Waals surface area contributed by atoms with Gasteiger partial charge in [0.25, 0.3) is 0 Å². The number of hydrogen-bond donors (Lipinski definition) is 2. The molecule has 1 unspecified atom stereocenters. The number of hydrogen-bond acceptors (Lipinski definition) is 3. The molecule has 3 N–H and O–H groups in total. The lowest BCUT2D eigenvalue weighted by Crippen LogP contribution is -2.55. The van der Waals surface area contributed by atoms with Gasteiger partial charge in [0.15, 0.2) is 0 Å². The quantitative estimate of drug-likeness (QED) is 0.844. The predicted octanol–water partition coefficient (Wildman–Crippen LogP) is 2.29. The molecular formula is C20H24ClN3O2. The minimum absolute atomic E-state index is 0. The van der Waals surface area contributed by atoms with Gasteiger partial charge >= 0.3 is 0 Å². The summed E-state index contributed by atoms with van der Waals surface area (Å²) in [5.41, 5.74) is 7.89. The molecule has 0 saturated carbocycles. The van der Waals surface area contributed by atoms with E-state index < -0.39 is 12.1 Å². The van der Waals surface area contributed by atoms with E-state index in [9.17, 15) is 9.59 Å². The topological polar surface area (TPSA) is 75.4 Å². The zero-order valence-electron chi connectivity index (χ0n) is 14.5. The Bertz CT molecular complexity index is 724. The third kappa shape index (κ3) is 4.84. The lowest BCUT2D eigenvalue weighted by molar-refractivity contribution is -0.129. The van der Waals surface area contributed by atoms with Crippen LogP contribution in [-0.4, -0.2) is 30.4 Å². The molecule has 0 aliphatic carbocycles. The number of anilines is 1. The molecule has 1 saturated heterocycles. The Kier molecular flexibility index (Phi) is 7.18. The summed E-state index contributed by atoms with van der Waals surface area (Å²) in [6.45, 7) is 0.672. The molecule has 2 atom stereocenters. The van der Waals surface area contributed by atoms with Crippen molar-refractivity contribution in [3.8, 4) is 0 Å². The molecule has 0 spiro atoms. The Hall–Kier alpha value is -2.37. The standard InChI is InChI=1S/C20H23N3O2.ClH/c21-17(14-15-8-3-1-4-9-15)19(24)22-18-12-7-13-23(20(18)25)16-10-5-2-6-11-16;/h1-6,8-11,17-18H,7,12-14,21H2,(H,22,24);1H/t17-,18?;/m0./s1. The van der Waals surface area contributed by atoms with E-state index in [1.165, 1.54) is 0 Å². The minimum atomic E-state index is -0.665. The first-order chi connectivity index (χ1) is 12.1. The van der Waals surface area contributed by atoms with Crippen LogP contribution in [0.5, 0.6) is 0 Å². The average molecular weight is 374 g/mol. The van der Waals surface area contributed by atoms with Crippen LogP contribution in [0.15, 0.2) is 60.7 Å². The summed E-state index contributed by atoms with van der Waals surface area (Å²) < 4.78 is 0. The average Bonchev–Trinajstić information content (AvgIpc) is 2.65. The van der Waals surface area contributed by atoms with Crippen molar-refractivity contribution in [2.24, 2.45) is 5.73 Å². The SMILES string of the molecule is Cl.N[C@@H](Cc1ccccc1)C(=O)NC1CCCN(c2ccccc2)C1=O. The fraction of sp³-hybridized carbons (Fsp3) is 0.300. The number of rotatable bonds is 5.